The summed E-state index contributed by atoms with van der Waals surface area (Å²) in [5.41, 5.74) is 1.48. The summed E-state index contributed by atoms with van der Waals surface area (Å²) in [7, 11) is 0. The Kier molecular flexibility index (Phi) is 4.03. The molecule has 0 fully saturated rings. The zero-order valence-corrected chi connectivity index (χ0v) is 11.8. The summed E-state index contributed by atoms with van der Waals surface area (Å²) in [5.74, 6) is 0. The van der Waals surface area contributed by atoms with Crippen LogP contribution in [0.5, 0.6) is 0 Å². The molecule has 18 heavy (non-hydrogen) atoms. The van der Waals surface area contributed by atoms with E-state index in [0.29, 0.717) is 0 Å². The van der Waals surface area contributed by atoms with Crippen LogP contribution in [0.1, 0.15) is 26.3 Å². The molecule has 0 spiro atoms. The third kappa shape index (κ3) is 2.41. The van der Waals surface area contributed by atoms with Crippen LogP contribution in [-0.4, -0.2) is 24.1 Å². The molecule has 0 N–H and O–H groups in total. The molecule has 0 aliphatic carbocycles. The van der Waals surface area contributed by atoms with Gasteiger partial charge in [0.05, 0.1) is 19.6 Å². The van der Waals surface area contributed by atoms with Crippen molar-refractivity contribution >= 4 is 10.8 Å². The molecule has 0 heterocycles. The first-order chi connectivity index (χ1) is 8.74. The van der Waals surface area contributed by atoms with Gasteiger partial charge < -0.3 is 4.48 Å². The van der Waals surface area contributed by atoms with Crippen molar-refractivity contribution in [2.45, 2.75) is 27.3 Å². The van der Waals surface area contributed by atoms with Gasteiger partial charge >= 0.3 is 0 Å². The van der Waals surface area contributed by atoms with Crippen LogP contribution in [0.25, 0.3) is 10.8 Å². The van der Waals surface area contributed by atoms with E-state index >= 15 is 0 Å². The maximum Gasteiger partial charge on any atom is 0.105 e. The highest BCUT2D eigenvalue weighted by Crippen LogP contribution is 2.22. The van der Waals surface area contributed by atoms with Gasteiger partial charge in [-0.1, -0.05) is 42.5 Å². The predicted molar refractivity (Wildman–Crippen MR) is 79.5 cm³/mol. The molecular weight excluding hydrogens is 218 g/mol. The van der Waals surface area contributed by atoms with Crippen molar-refractivity contribution in [1.29, 1.82) is 0 Å². The molecule has 0 unspecified atom stereocenters. The fourth-order valence-electron chi connectivity index (χ4n) is 2.80. The second-order valence-corrected chi connectivity index (χ2v) is 5.09. The molecule has 1 nitrogen and oxygen atoms in total. The van der Waals surface area contributed by atoms with Gasteiger partial charge in [-0.3, -0.25) is 0 Å². The van der Waals surface area contributed by atoms with Crippen LogP contribution < -0.4 is 0 Å². The molecule has 96 valence electrons. The number of quaternary nitrogens is 1. The van der Waals surface area contributed by atoms with Gasteiger partial charge in [0.1, 0.15) is 6.54 Å². The third-order valence-corrected chi connectivity index (χ3v) is 4.40. The molecule has 0 amide bonds. The maximum atomic E-state index is 2.30. The van der Waals surface area contributed by atoms with Gasteiger partial charge in [0.15, 0.2) is 0 Å². The Labute approximate surface area is 111 Å². The van der Waals surface area contributed by atoms with E-state index in [1.165, 1.54) is 40.5 Å². The topological polar surface area (TPSA) is 0 Å². The van der Waals surface area contributed by atoms with Gasteiger partial charge in [0, 0.05) is 5.56 Å². The molecule has 0 aliphatic rings. The molecule has 0 saturated heterocycles. The first kappa shape index (κ1) is 13.1. The highest BCUT2D eigenvalue weighted by Gasteiger charge is 2.21. The number of benzene rings is 2. The second-order valence-electron chi connectivity index (χ2n) is 5.09. The summed E-state index contributed by atoms with van der Waals surface area (Å²) in [6.07, 6.45) is 0. The molecule has 2 aromatic carbocycles. The molecule has 0 aromatic heterocycles. The normalized spacial score (nSPS) is 11.9. The van der Waals surface area contributed by atoms with Gasteiger partial charge in [0.2, 0.25) is 0 Å². The van der Waals surface area contributed by atoms with E-state index in [9.17, 15) is 0 Å². The van der Waals surface area contributed by atoms with Crippen LogP contribution in [0, 0.1) is 0 Å². The van der Waals surface area contributed by atoms with E-state index in [1.807, 2.05) is 0 Å². The first-order valence-electron chi connectivity index (χ1n) is 7.06. The number of nitrogens with zero attached hydrogens (tertiary/aromatic N) is 1. The molecule has 0 saturated carbocycles. The molecule has 1 heteroatoms. The van der Waals surface area contributed by atoms with Gasteiger partial charge in [-0.25, -0.2) is 0 Å². The minimum atomic E-state index is 1.14. The van der Waals surface area contributed by atoms with Crippen molar-refractivity contribution in [1.82, 2.24) is 0 Å². The highest BCUT2D eigenvalue weighted by atomic mass is 15.3. The summed E-state index contributed by atoms with van der Waals surface area (Å²) >= 11 is 0. The first-order valence-corrected chi connectivity index (χ1v) is 7.06. The van der Waals surface area contributed by atoms with E-state index in [2.05, 4.69) is 63.2 Å². The zero-order valence-electron chi connectivity index (χ0n) is 11.8. The number of fused-ring (bicyclic) bond motifs is 1. The zero-order chi connectivity index (χ0) is 13.0. The van der Waals surface area contributed by atoms with Crippen molar-refractivity contribution in [2.75, 3.05) is 19.6 Å². The van der Waals surface area contributed by atoms with Crippen molar-refractivity contribution in [3.8, 4) is 0 Å². The van der Waals surface area contributed by atoms with E-state index in [1.54, 1.807) is 0 Å². The van der Waals surface area contributed by atoms with Crippen molar-refractivity contribution in [3.05, 3.63) is 48.0 Å². The molecule has 0 radical (unpaired) electrons. The lowest BCUT2D eigenvalue weighted by molar-refractivity contribution is -0.936. The summed E-state index contributed by atoms with van der Waals surface area (Å²) < 4.78 is 1.17. The van der Waals surface area contributed by atoms with E-state index in [4.69, 9.17) is 0 Å². The average Bonchev–Trinajstić information content (AvgIpc) is 2.45. The van der Waals surface area contributed by atoms with Gasteiger partial charge in [-0.05, 0) is 31.5 Å². The summed E-state index contributed by atoms with van der Waals surface area (Å²) in [6.45, 7) is 11.7. The molecule has 0 aliphatic heterocycles. The number of hydrogen-bond donors (Lipinski definition) is 0. The molecular formula is C17H24N+. The average molecular weight is 242 g/mol. The van der Waals surface area contributed by atoms with Crippen LogP contribution in [0.4, 0.5) is 0 Å². The minimum absolute atomic E-state index is 1.14. The standard InChI is InChI=1S/C17H24N/c1-4-18(5-2,6-3)14-16-12-9-11-15-10-7-8-13-17(15)16/h7-13H,4-6,14H2,1-3H3/q+1. The largest absolute Gasteiger partial charge is 0.321 e. The Bertz CT molecular complexity index is 498. The molecule has 2 rings (SSSR count). The van der Waals surface area contributed by atoms with Crippen molar-refractivity contribution < 1.29 is 4.48 Å². The Hall–Kier alpha value is -1.34. The van der Waals surface area contributed by atoms with Crippen LogP contribution in [-0.2, 0) is 6.54 Å². The molecule has 0 atom stereocenters. The lowest BCUT2D eigenvalue weighted by Crippen LogP contribution is -2.46. The minimum Gasteiger partial charge on any atom is -0.321 e. The van der Waals surface area contributed by atoms with Crippen LogP contribution >= 0.6 is 0 Å². The lowest BCUT2D eigenvalue weighted by Gasteiger charge is -2.36. The van der Waals surface area contributed by atoms with Crippen molar-refractivity contribution in [2.24, 2.45) is 0 Å². The van der Waals surface area contributed by atoms with E-state index in [-0.39, 0.29) is 0 Å². The Morgan fingerprint density at radius 1 is 0.778 bits per heavy atom. The smallest absolute Gasteiger partial charge is 0.105 e. The van der Waals surface area contributed by atoms with Gasteiger partial charge in [0.25, 0.3) is 0 Å². The predicted octanol–water partition coefficient (Wildman–Crippen LogP) is 4.22. The molecule has 2 aromatic rings. The van der Waals surface area contributed by atoms with Gasteiger partial charge in [-0.15, -0.1) is 0 Å². The monoisotopic (exact) mass is 242 g/mol. The Morgan fingerprint density at radius 3 is 2.06 bits per heavy atom. The van der Waals surface area contributed by atoms with E-state index in [0.717, 1.165) is 6.54 Å². The lowest BCUT2D eigenvalue weighted by atomic mass is 10.0. The Morgan fingerprint density at radius 2 is 1.39 bits per heavy atom. The third-order valence-electron chi connectivity index (χ3n) is 4.40. The number of hydrogen-bond acceptors (Lipinski definition) is 0. The number of rotatable bonds is 5. The summed E-state index contributed by atoms with van der Waals surface area (Å²) in [5, 5.41) is 2.77. The summed E-state index contributed by atoms with van der Waals surface area (Å²) in [6, 6.07) is 15.4. The quantitative estimate of drug-likeness (QED) is 0.689. The molecule has 0 bridgehead atoms. The van der Waals surface area contributed by atoms with E-state index < -0.39 is 0 Å². The fraction of sp³-hybridized carbons (Fsp3) is 0.412. The van der Waals surface area contributed by atoms with Crippen molar-refractivity contribution in [3.63, 3.8) is 0 Å². The van der Waals surface area contributed by atoms with Crippen LogP contribution in [0.3, 0.4) is 0 Å². The van der Waals surface area contributed by atoms with Crippen LogP contribution in [0.15, 0.2) is 42.5 Å². The van der Waals surface area contributed by atoms with Gasteiger partial charge in [-0.2, -0.15) is 0 Å². The SMILES string of the molecule is CC[N+](CC)(CC)Cc1cccc2ccccc12. The summed E-state index contributed by atoms with van der Waals surface area (Å²) in [4.78, 5) is 0. The highest BCUT2D eigenvalue weighted by molar-refractivity contribution is 5.85. The van der Waals surface area contributed by atoms with Crippen LogP contribution in [0.2, 0.25) is 0 Å². The maximum absolute atomic E-state index is 2.30. The Balaban J connectivity index is 2.42. The second kappa shape index (κ2) is 5.53. The fourth-order valence-corrected chi connectivity index (χ4v) is 2.80.